The molecular weight excluding hydrogens is 246 g/mol. The van der Waals surface area contributed by atoms with Crippen molar-refractivity contribution in [1.29, 1.82) is 0 Å². The fraction of sp³-hybridized carbons (Fsp3) is 0.636. The molecule has 1 aliphatic rings. The third-order valence-electron chi connectivity index (χ3n) is 2.46. The maximum atomic E-state index is 5.86. The number of rotatable bonds is 3. The molecule has 3 nitrogen and oxygen atoms in total. The van der Waals surface area contributed by atoms with Crippen molar-refractivity contribution >= 4 is 22.9 Å². The van der Waals surface area contributed by atoms with E-state index in [-0.39, 0.29) is 6.04 Å². The highest BCUT2D eigenvalue weighted by Gasteiger charge is 2.27. The monoisotopic (exact) mass is 261 g/mol. The van der Waals surface area contributed by atoms with Crippen LogP contribution in [0.4, 0.5) is 0 Å². The summed E-state index contributed by atoms with van der Waals surface area (Å²) in [5, 5.41) is 3.39. The molecule has 0 unspecified atom stereocenters. The molecular formula is C11H16ClNO2S. The van der Waals surface area contributed by atoms with E-state index in [4.69, 9.17) is 21.1 Å². The van der Waals surface area contributed by atoms with Gasteiger partial charge in [-0.15, -0.1) is 11.3 Å². The summed E-state index contributed by atoms with van der Waals surface area (Å²) in [4.78, 5) is 1.23. The summed E-state index contributed by atoms with van der Waals surface area (Å²) in [7, 11) is 0. The predicted molar refractivity (Wildman–Crippen MR) is 65.9 cm³/mol. The Morgan fingerprint density at radius 2 is 2.12 bits per heavy atom. The van der Waals surface area contributed by atoms with Crippen LogP contribution >= 0.6 is 22.9 Å². The van der Waals surface area contributed by atoms with Crippen LogP contribution in [0.25, 0.3) is 0 Å². The van der Waals surface area contributed by atoms with Crippen LogP contribution in [0.2, 0.25) is 4.34 Å². The van der Waals surface area contributed by atoms with Crippen molar-refractivity contribution < 1.29 is 9.47 Å². The van der Waals surface area contributed by atoms with E-state index in [0.29, 0.717) is 13.2 Å². The van der Waals surface area contributed by atoms with E-state index in [0.717, 1.165) is 10.9 Å². The van der Waals surface area contributed by atoms with Crippen LogP contribution < -0.4 is 5.32 Å². The summed E-state index contributed by atoms with van der Waals surface area (Å²) >= 11 is 7.46. The van der Waals surface area contributed by atoms with Gasteiger partial charge in [-0.1, -0.05) is 11.6 Å². The highest BCUT2D eigenvalue weighted by Crippen LogP contribution is 2.22. The Morgan fingerprint density at radius 3 is 2.69 bits per heavy atom. The van der Waals surface area contributed by atoms with Crippen LogP contribution in [-0.4, -0.2) is 25.0 Å². The lowest BCUT2D eigenvalue weighted by Crippen LogP contribution is -2.48. The van der Waals surface area contributed by atoms with Crippen LogP contribution in [0, 0.1) is 0 Å². The minimum Gasteiger partial charge on any atom is -0.349 e. The summed E-state index contributed by atoms with van der Waals surface area (Å²) in [6, 6.07) is 4.21. The molecule has 1 fully saturated rings. The van der Waals surface area contributed by atoms with Gasteiger partial charge in [0, 0.05) is 11.4 Å². The number of ether oxygens (including phenoxy) is 2. The number of halogens is 1. The standard InChI is InChI=1S/C11H16ClNO2S/c1-11(2)14-6-8(7-15-11)13-5-9-3-4-10(12)16-9/h3-4,8,13H,5-7H2,1-2H3. The zero-order valence-corrected chi connectivity index (χ0v) is 11.0. The molecule has 0 amide bonds. The Bertz CT molecular complexity index is 344. The lowest BCUT2D eigenvalue weighted by Gasteiger charge is -2.35. The highest BCUT2D eigenvalue weighted by atomic mass is 35.5. The van der Waals surface area contributed by atoms with Gasteiger partial charge in [0.15, 0.2) is 5.79 Å². The van der Waals surface area contributed by atoms with Crippen molar-refractivity contribution in [2.45, 2.75) is 32.2 Å². The second-order valence-electron chi connectivity index (χ2n) is 4.31. The summed E-state index contributed by atoms with van der Waals surface area (Å²) in [5.41, 5.74) is 0. The van der Waals surface area contributed by atoms with Gasteiger partial charge in [0.25, 0.3) is 0 Å². The number of nitrogens with one attached hydrogen (secondary N) is 1. The molecule has 0 atom stereocenters. The van der Waals surface area contributed by atoms with E-state index in [1.54, 1.807) is 11.3 Å². The van der Waals surface area contributed by atoms with Crippen LogP contribution in [0.1, 0.15) is 18.7 Å². The van der Waals surface area contributed by atoms with Crippen LogP contribution in [0.3, 0.4) is 0 Å². The minimum atomic E-state index is -0.440. The normalized spacial score (nSPS) is 21.2. The maximum Gasteiger partial charge on any atom is 0.162 e. The maximum absolute atomic E-state index is 5.86. The van der Waals surface area contributed by atoms with Crippen molar-refractivity contribution in [2.24, 2.45) is 0 Å². The van der Waals surface area contributed by atoms with E-state index in [1.165, 1.54) is 4.88 Å². The first-order valence-corrected chi connectivity index (χ1v) is 6.50. The van der Waals surface area contributed by atoms with Crippen molar-refractivity contribution in [2.75, 3.05) is 13.2 Å². The number of hydrogen-bond acceptors (Lipinski definition) is 4. The zero-order valence-electron chi connectivity index (χ0n) is 9.46. The molecule has 1 aliphatic heterocycles. The second kappa shape index (κ2) is 5.02. The summed E-state index contributed by atoms with van der Waals surface area (Å²) in [6.07, 6.45) is 0. The smallest absolute Gasteiger partial charge is 0.162 e. The van der Waals surface area contributed by atoms with Gasteiger partial charge in [-0.05, 0) is 26.0 Å². The van der Waals surface area contributed by atoms with E-state index in [9.17, 15) is 0 Å². The second-order valence-corrected chi connectivity index (χ2v) is 6.11. The first kappa shape index (κ1) is 12.3. The molecule has 16 heavy (non-hydrogen) atoms. The largest absolute Gasteiger partial charge is 0.349 e. The Morgan fingerprint density at radius 1 is 1.44 bits per heavy atom. The molecule has 0 spiro atoms. The van der Waals surface area contributed by atoms with Crippen molar-refractivity contribution in [1.82, 2.24) is 5.32 Å². The summed E-state index contributed by atoms with van der Waals surface area (Å²) in [6.45, 7) is 6.05. The van der Waals surface area contributed by atoms with Crippen LogP contribution in [0.5, 0.6) is 0 Å². The lowest BCUT2D eigenvalue weighted by atomic mass is 10.2. The Hall–Kier alpha value is -0.130. The van der Waals surface area contributed by atoms with Gasteiger partial charge in [0.05, 0.1) is 23.6 Å². The molecule has 1 saturated heterocycles. The minimum absolute atomic E-state index is 0.258. The van der Waals surface area contributed by atoms with Crippen molar-refractivity contribution in [3.05, 3.63) is 21.3 Å². The number of hydrogen-bond donors (Lipinski definition) is 1. The van der Waals surface area contributed by atoms with Gasteiger partial charge in [0.2, 0.25) is 0 Å². The van der Waals surface area contributed by atoms with Gasteiger partial charge in [-0.3, -0.25) is 0 Å². The topological polar surface area (TPSA) is 30.5 Å². The average molecular weight is 262 g/mol. The van der Waals surface area contributed by atoms with Crippen molar-refractivity contribution in [3.63, 3.8) is 0 Å². The fourth-order valence-corrected chi connectivity index (χ4v) is 2.54. The first-order chi connectivity index (χ1) is 7.55. The predicted octanol–water partition coefficient (Wildman–Crippen LogP) is 2.64. The molecule has 2 heterocycles. The molecule has 1 aromatic rings. The van der Waals surface area contributed by atoms with E-state index in [1.807, 2.05) is 26.0 Å². The van der Waals surface area contributed by atoms with E-state index < -0.39 is 5.79 Å². The van der Waals surface area contributed by atoms with E-state index >= 15 is 0 Å². The van der Waals surface area contributed by atoms with E-state index in [2.05, 4.69) is 5.32 Å². The highest BCUT2D eigenvalue weighted by molar-refractivity contribution is 7.16. The van der Waals surface area contributed by atoms with Gasteiger partial charge in [-0.25, -0.2) is 0 Å². The van der Waals surface area contributed by atoms with Crippen LogP contribution in [-0.2, 0) is 16.0 Å². The van der Waals surface area contributed by atoms with Gasteiger partial charge < -0.3 is 14.8 Å². The molecule has 1 N–H and O–H groups in total. The fourth-order valence-electron chi connectivity index (χ4n) is 1.50. The van der Waals surface area contributed by atoms with Crippen LogP contribution in [0.15, 0.2) is 12.1 Å². The average Bonchev–Trinajstić information content (AvgIpc) is 2.63. The van der Waals surface area contributed by atoms with Gasteiger partial charge in [0.1, 0.15) is 0 Å². The zero-order chi connectivity index (χ0) is 11.6. The number of thiophene rings is 1. The Kier molecular flexibility index (Phi) is 3.87. The molecule has 0 aromatic carbocycles. The SMILES string of the molecule is CC1(C)OCC(NCc2ccc(Cl)s2)CO1. The quantitative estimate of drug-likeness (QED) is 0.907. The van der Waals surface area contributed by atoms with Crippen molar-refractivity contribution in [3.8, 4) is 0 Å². The third-order valence-corrected chi connectivity index (χ3v) is 3.69. The first-order valence-electron chi connectivity index (χ1n) is 5.31. The lowest BCUT2D eigenvalue weighted by molar-refractivity contribution is -0.253. The molecule has 90 valence electrons. The van der Waals surface area contributed by atoms with Gasteiger partial charge in [-0.2, -0.15) is 0 Å². The Balaban J connectivity index is 1.75. The third kappa shape index (κ3) is 3.43. The molecule has 0 aliphatic carbocycles. The molecule has 1 aromatic heterocycles. The molecule has 5 heteroatoms. The Labute approximate surface area is 105 Å². The summed E-state index contributed by atoms with van der Waals surface area (Å²) < 4.78 is 12.0. The summed E-state index contributed by atoms with van der Waals surface area (Å²) in [5.74, 6) is -0.440. The van der Waals surface area contributed by atoms with Gasteiger partial charge >= 0.3 is 0 Å². The molecule has 0 saturated carbocycles. The molecule has 0 bridgehead atoms. The molecule has 2 rings (SSSR count). The molecule has 0 radical (unpaired) electrons.